The Kier molecular flexibility index (Phi) is 7.38. The predicted molar refractivity (Wildman–Crippen MR) is 119 cm³/mol. The van der Waals surface area contributed by atoms with Crippen molar-refractivity contribution >= 4 is 38.9 Å². The summed E-state index contributed by atoms with van der Waals surface area (Å²) in [5.41, 5.74) is 1.14. The van der Waals surface area contributed by atoms with Gasteiger partial charge in [0.15, 0.2) is 15.7 Å². The summed E-state index contributed by atoms with van der Waals surface area (Å²) < 4.78 is 23.8. The van der Waals surface area contributed by atoms with Gasteiger partial charge in [-0.1, -0.05) is 16.8 Å². The summed E-state index contributed by atoms with van der Waals surface area (Å²) in [5, 5.41) is 3.17. The summed E-state index contributed by atoms with van der Waals surface area (Å²) in [7, 11) is -3.49. The van der Waals surface area contributed by atoms with Crippen LogP contribution in [-0.2, 0) is 14.6 Å². The second kappa shape index (κ2) is 9.82. The first kappa shape index (κ1) is 23.3. The van der Waals surface area contributed by atoms with E-state index in [0.29, 0.717) is 29.5 Å². The lowest BCUT2D eigenvalue weighted by atomic mass is 9.83. The van der Waals surface area contributed by atoms with E-state index in [2.05, 4.69) is 15.1 Å². The molecule has 0 bridgehead atoms. The Balaban J connectivity index is 1.83. The van der Waals surface area contributed by atoms with Gasteiger partial charge >= 0.3 is 0 Å². The Hall–Kier alpha value is -2.39. The van der Waals surface area contributed by atoms with Crippen LogP contribution in [0.25, 0.3) is 0 Å². The van der Waals surface area contributed by atoms with Gasteiger partial charge in [-0.15, -0.1) is 0 Å². The molecule has 31 heavy (non-hydrogen) atoms. The zero-order valence-electron chi connectivity index (χ0n) is 17.5. The number of aryl methyl sites for hydroxylation is 1. The molecule has 0 atom stereocenters. The highest BCUT2D eigenvalue weighted by Gasteiger charge is 2.25. The third-order valence-corrected chi connectivity index (χ3v) is 7.13. The molecule has 0 radical (unpaired) electrons. The number of hydrogen-bond donors (Lipinski definition) is 0. The minimum absolute atomic E-state index is 0.000790. The number of hydrogen-bond acceptors (Lipinski definition) is 7. The first-order valence-electron chi connectivity index (χ1n) is 10.1. The molecule has 1 heterocycles. The van der Waals surface area contributed by atoms with Crippen molar-refractivity contribution in [1.29, 1.82) is 0 Å². The molecule has 2 aromatic rings. The van der Waals surface area contributed by atoms with Crippen molar-refractivity contribution in [3.63, 3.8) is 0 Å². The number of rotatable bonds is 7. The van der Waals surface area contributed by atoms with E-state index in [4.69, 9.17) is 11.6 Å². The molecule has 1 fully saturated rings. The summed E-state index contributed by atoms with van der Waals surface area (Å²) in [5.74, 6) is 0.522. The van der Waals surface area contributed by atoms with Gasteiger partial charge in [-0.2, -0.15) is 4.91 Å². The van der Waals surface area contributed by atoms with Gasteiger partial charge in [0.05, 0.1) is 39.7 Å². The summed E-state index contributed by atoms with van der Waals surface area (Å²) >= 11 is 6.21. The Morgan fingerprint density at radius 2 is 1.90 bits per heavy atom. The number of carbonyl (C=O) groups excluding carboxylic acids is 1. The van der Waals surface area contributed by atoms with Crippen LogP contribution in [0, 0.1) is 17.7 Å². The third-order valence-electron chi connectivity index (χ3n) is 5.55. The normalized spacial score (nSPS) is 19.1. The van der Waals surface area contributed by atoms with Crippen LogP contribution >= 0.6 is 11.6 Å². The SMILES string of the molecule is Cc1cnc(N(C(=O)CCC2CCC(N=O)CC2)c2ccc(S(C)(=O)=O)c(Cl)c2)cn1. The smallest absolute Gasteiger partial charge is 0.232 e. The topological polar surface area (TPSA) is 110 Å². The number of sulfone groups is 1. The van der Waals surface area contributed by atoms with E-state index < -0.39 is 9.84 Å². The molecular weight excluding hydrogens is 440 g/mol. The fourth-order valence-electron chi connectivity index (χ4n) is 3.81. The van der Waals surface area contributed by atoms with Gasteiger partial charge in [0.2, 0.25) is 5.91 Å². The van der Waals surface area contributed by atoms with Crippen LogP contribution in [0.5, 0.6) is 0 Å². The molecule has 8 nitrogen and oxygen atoms in total. The van der Waals surface area contributed by atoms with Crippen molar-refractivity contribution in [3.05, 3.63) is 46.2 Å². The summed E-state index contributed by atoms with van der Waals surface area (Å²) in [6, 6.07) is 4.28. The Labute approximate surface area is 186 Å². The molecular formula is C21H25ClN4O4S. The van der Waals surface area contributed by atoms with E-state index in [1.807, 2.05) is 0 Å². The highest BCUT2D eigenvalue weighted by atomic mass is 35.5. The maximum atomic E-state index is 13.2. The van der Waals surface area contributed by atoms with E-state index in [1.165, 1.54) is 23.2 Å². The standard InChI is InChI=1S/C21H25ClN4O4S/c1-14-12-24-20(13-23-14)26(17-8-9-19(18(22)11-17)31(2,29)30)21(27)10-5-15-3-6-16(25-28)7-4-15/h8-9,11-13,15-16H,3-7,10H2,1-2H3. The number of amides is 1. The van der Waals surface area contributed by atoms with Gasteiger partial charge in [-0.3, -0.25) is 14.7 Å². The van der Waals surface area contributed by atoms with Gasteiger partial charge in [0.1, 0.15) is 0 Å². The number of carbonyl (C=O) groups is 1. The molecule has 0 spiro atoms. The highest BCUT2D eigenvalue weighted by Crippen LogP contribution is 2.33. The lowest BCUT2D eigenvalue weighted by molar-refractivity contribution is -0.118. The maximum absolute atomic E-state index is 13.2. The largest absolute Gasteiger partial charge is 0.274 e. The number of halogens is 1. The van der Waals surface area contributed by atoms with Crippen molar-refractivity contribution in [1.82, 2.24) is 9.97 Å². The Morgan fingerprint density at radius 3 is 2.45 bits per heavy atom. The van der Waals surface area contributed by atoms with Crippen molar-refractivity contribution in [2.75, 3.05) is 11.2 Å². The van der Waals surface area contributed by atoms with E-state index >= 15 is 0 Å². The average Bonchev–Trinajstić information content (AvgIpc) is 2.73. The first-order chi connectivity index (χ1) is 14.7. The summed E-state index contributed by atoms with van der Waals surface area (Å²) in [4.78, 5) is 33.9. The molecule has 1 aromatic carbocycles. The van der Waals surface area contributed by atoms with E-state index in [0.717, 1.165) is 31.9 Å². The molecule has 166 valence electrons. The Morgan fingerprint density at radius 1 is 1.19 bits per heavy atom. The number of benzene rings is 1. The van der Waals surface area contributed by atoms with Gasteiger partial charge < -0.3 is 0 Å². The molecule has 3 rings (SSSR count). The quantitative estimate of drug-likeness (QED) is 0.553. The van der Waals surface area contributed by atoms with Gasteiger partial charge in [-0.25, -0.2) is 13.4 Å². The Bertz CT molecular complexity index is 1050. The van der Waals surface area contributed by atoms with Crippen LogP contribution in [0.1, 0.15) is 44.2 Å². The van der Waals surface area contributed by atoms with E-state index in [1.54, 1.807) is 19.2 Å². The van der Waals surface area contributed by atoms with Crippen LogP contribution in [0.2, 0.25) is 5.02 Å². The fourth-order valence-corrected chi connectivity index (χ4v) is 5.14. The monoisotopic (exact) mass is 464 g/mol. The maximum Gasteiger partial charge on any atom is 0.232 e. The zero-order chi connectivity index (χ0) is 22.6. The van der Waals surface area contributed by atoms with Crippen LogP contribution in [-0.4, -0.2) is 36.6 Å². The summed E-state index contributed by atoms with van der Waals surface area (Å²) in [6.07, 6.45) is 8.40. The molecule has 0 saturated heterocycles. The summed E-state index contributed by atoms with van der Waals surface area (Å²) in [6.45, 7) is 1.80. The number of nitroso groups, excluding NO2 is 1. The number of nitrogens with zero attached hydrogens (tertiary/aromatic N) is 4. The van der Waals surface area contributed by atoms with Crippen molar-refractivity contribution in [2.45, 2.75) is 56.4 Å². The van der Waals surface area contributed by atoms with Crippen LogP contribution in [0.4, 0.5) is 11.5 Å². The minimum atomic E-state index is -3.49. The van der Waals surface area contributed by atoms with Crippen molar-refractivity contribution in [3.8, 4) is 0 Å². The van der Waals surface area contributed by atoms with Gasteiger partial charge in [-0.05, 0) is 63.1 Å². The lowest BCUT2D eigenvalue weighted by Crippen LogP contribution is -2.28. The van der Waals surface area contributed by atoms with Crippen LogP contribution in [0.3, 0.4) is 0 Å². The molecule has 1 aliphatic carbocycles. The molecule has 10 heteroatoms. The van der Waals surface area contributed by atoms with Gasteiger partial charge in [0.25, 0.3) is 0 Å². The van der Waals surface area contributed by atoms with Gasteiger partial charge in [0, 0.05) is 12.7 Å². The van der Waals surface area contributed by atoms with Crippen LogP contribution < -0.4 is 4.90 Å². The molecule has 0 N–H and O–H groups in total. The van der Waals surface area contributed by atoms with E-state index in [9.17, 15) is 18.1 Å². The minimum Gasteiger partial charge on any atom is -0.274 e. The number of aromatic nitrogens is 2. The van der Waals surface area contributed by atoms with Crippen molar-refractivity contribution in [2.24, 2.45) is 11.1 Å². The zero-order valence-corrected chi connectivity index (χ0v) is 19.1. The fraction of sp³-hybridized carbons (Fsp3) is 0.476. The number of anilines is 2. The molecule has 1 saturated carbocycles. The second-order valence-electron chi connectivity index (χ2n) is 7.95. The average molecular weight is 465 g/mol. The molecule has 1 amide bonds. The first-order valence-corrected chi connectivity index (χ1v) is 12.4. The second-order valence-corrected chi connectivity index (χ2v) is 10.3. The van der Waals surface area contributed by atoms with E-state index in [-0.39, 0.29) is 28.3 Å². The molecule has 0 unspecified atom stereocenters. The third kappa shape index (κ3) is 5.86. The predicted octanol–water partition coefficient (Wildman–Crippen LogP) is 4.61. The molecule has 1 aromatic heterocycles. The molecule has 0 aliphatic heterocycles. The molecule has 1 aliphatic rings. The highest BCUT2D eigenvalue weighted by molar-refractivity contribution is 7.90. The van der Waals surface area contributed by atoms with Crippen molar-refractivity contribution < 1.29 is 13.2 Å². The lowest BCUT2D eigenvalue weighted by Gasteiger charge is -2.26. The van der Waals surface area contributed by atoms with Crippen LogP contribution in [0.15, 0.2) is 40.7 Å².